The second-order valence-corrected chi connectivity index (χ2v) is 6.94. The summed E-state index contributed by atoms with van der Waals surface area (Å²) in [5, 5.41) is 5.48. The maximum absolute atomic E-state index is 12.4. The lowest BCUT2D eigenvalue weighted by molar-refractivity contribution is 0.102. The Morgan fingerprint density at radius 1 is 1.20 bits per heavy atom. The maximum atomic E-state index is 12.4. The lowest BCUT2D eigenvalue weighted by atomic mass is 10.2. The lowest BCUT2D eigenvalue weighted by Crippen LogP contribution is -2.37. The van der Waals surface area contributed by atoms with Crippen LogP contribution in [0.4, 0.5) is 5.13 Å². The summed E-state index contributed by atoms with van der Waals surface area (Å²) in [7, 11) is 2.92. The summed E-state index contributed by atoms with van der Waals surface area (Å²) in [5.74, 6) is 0.0955. The molecule has 3 aromatic rings. The lowest BCUT2D eigenvalue weighted by Gasteiger charge is -2.08. The van der Waals surface area contributed by atoms with E-state index in [4.69, 9.17) is 0 Å². The molecule has 1 fully saturated rings. The highest BCUT2D eigenvalue weighted by Crippen LogP contribution is 2.40. The molecular weight excluding hydrogens is 342 g/mol. The van der Waals surface area contributed by atoms with E-state index >= 15 is 0 Å². The van der Waals surface area contributed by atoms with Gasteiger partial charge in [0.2, 0.25) is 0 Å². The predicted octanol–water partition coefficient (Wildman–Crippen LogP) is 1.22. The van der Waals surface area contributed by atoms with Crippen molar-refractivity contribution in [1.82, 2.24) is 19.1 Å². The third-order valence-electron chi connectivity index (χ3n) is 4.27. The molecular formula is C16H15N5O3S. The van der Waals surface area contributed by atoms with Gasteiger partial charge in [0.05, 0.1) is 11.1 Å². The molecule has 0 unspecified atom stereocenters. The molecule has 0 saturated heterocycles. The molecule has 0 radical (unpaired) electrons. The van der Waals surface area contributed by atoms with Crippen LogP contribution in [-0.2, 0) is 14.1 Å². The number of carbonyl (C=O) groups excluding carboxylic acids is 1. The topological polar surface area (TPSA) is 98.9 Å². The van der Waals surface area contributed by atoms with Crippen LogP contribution < -0.4 is 16.6 Å². The monoisotopic (exact) mass is 357 g/mol. The number of fused-ring (bicyclic) bond motifs is 1. The Balaban J connectivity index is 1.69. The number of aromatic nitrogens is 4. The van der Waals surface area contributed by atoms with Gasteiger partial charge in [0.15, 0.2) is 5.13 Å². The first-order valence-electron chi connectivity index (χ1n) is 7.79. The number of aryl methyl sites for hydroxylation is 1. The van der Waals surface area contributed by atoms with Crippen LogP contribution in [-0.4, -0.2) is 25.0 Å². The van der Waals surface area contributed by atoms with Crippen LogP contribution in [0, 0.1) is 0 Å². The second kappa shape index (κ2) is 5.62. The van der Waals surface area contributed by atoms with Crippen molar-refractivity contribution in [3.63, 3.8) is 0 Å². The molecule has 1 amide bonds. The quantitative estimate of drug-likeness (QED) is 0.760. The van der Waals surface area contributed by atoms with Gasteiger partial charge >= 0.3 is 5.69 Å². The smallest absolute Gasteiger partial charge is 0.296 e. The van der Waals surface area contributed by atoms with Gasteiger partial charge in [-0.1, -0.05) is 0 Å². The number of rotatable bonds is 3. The summed E-state index contributed by atoms with van der Waals surface area (Å²) in [6.07, 6.45) is 2.29. The van der Waals surface area contributed by atoms with E-state index in [9.17, 15) is 14.4 Å². The minimum absolute atomic E-state index is 0.124. The zero-order chi connectivity index (χ0) is 17.7. The van der Waals surface area contributed by atoms with Crippen molar-refractivity contribution in [1.29, 1.82) is 0 Å². The number of nitrogens with one attached hydrogen (secondary N) is 1. The summed E-state index contributed by atoms with van der Waals surface area (Å²) in [5.41, 5.74) is 0.387. The van der Waals surface area contributed by atoms with Crippen molar-refractivity contribution in [2.24, 2.45) is 14.1 Å². The molecule has 128 valence electrons. The number of pyridine rings is 1. The summed E-state index contributed by atoms with van der Waals surface area (Å²) in [4.78, 5) is 45.2. The number of amides is 1. The van der Waals surface area contributed by atoms with Crippen LogP contribution in [0.15, 0.2) is 27.1 Å². The van der Waals surface area contributed by atoms with E-state index in [2.05, 4.69) is 15.3 Å². The molecule has 3 aromatic heterocycles. The third kappa shape index (κ3) is 2.66. The van der Waals surface area contributed by atoms with Crippen LogP contribution in [0.2, 0.25) is 0 Å². The first-order valence-corrected chi connectivity index (χ1v) is 8.67. The van der Waals surface area contributed by atoms with Crippen LogP contribution in [0.5, 0.6) is 0 Å². The number of thiazole rings is 1. The number of nitrogens with zero attached hydrogens (tertiary/aromatic N) is 4. The van der Waals surface area contributed by atoms with Crippen molar-refractivity contribution in [3.8, 4) is 0 Å². The Morgan fingerprint density at radius 2 is 1.96 bits per heavy atom. The molecule has 0 bridgehead atoms. The van der Waals surface area contributed by atoms with Gasteiger partial charge in [-0.05, 0) is 25.0 Å². The molecule has 0 atom stereocenters. The van der Waals surface area contributed by atoms with Gasteiger partial charge in [-0.3, -0.25) is 24.0 Å². The summed E-state index contributed by atoms with van der Waals surface area (Å²) in [6.45, 7) is 0. The molecule has 4 rings (SSSR count). The van der Waals surface area contributed by atoms with Gasteiger partial charge in [-0.2, -0.15) is 0 Å². The number of anilines is 1. The maximum Gasteiger partial charge on any atom is 0.332 e. The predicted molar refractivity (Wildman–Crippen MR) is 94.3 cm³/mol. The van der Waals surface area contributed by atoms with E-state index in [1.54, 1.807) is 0 Å². The second-order valence-electron chi connectivity index (χ2n) is 6.08. The van der Waals surface area contributed by atoms with Gasteiger partial charge in [0, 0.05) is 25.4 Å². The van der Waals surface area contributed by atoms with E-state index in [0.29, 0.717) is 11.0 Å². The van der Waals surface area contributed by atoms with Crippen molar-refractivity contribution >= 4 is 33.4 Å². The fourth-order valence-electron chi connectivity index (χ4n) is 2.65. The highest BCUT2D eigenvalue weighted by Gasteiger charge is 2.26. The minimum Gasteiger partial charge on any atom is -0.296 e. The van der Waals surface area contributed by atoms with Crippen LogP contribution in [0.1, 0.15) is 34.9 Å². The SMILES string of the molecule is Cn1c(=O)c2ccc(C(=O)Nc3nc(C4CC4)cs3)nc2n(C)c1=O. The number of hydrogen-bond donors (Lipinski definition) is 1. The molecule has 9 heteroatoms. The standard InChI is InChI=1S/C16H15N5O3S/c1-20-12-9(14(23)21(2)16(20)24)5-6-10(17-12)13(22)19-15-18-11(7-25-15)8-3-4-8/h5-8H,3-4H2,1-2H3,(H,18,19,22). The van der Waals surface area contributed by atoms with Crippen LogP contribution >= 0.6 is 11.3 Å². The van der Waals surface area contributed by atoms with E-state index in [1.165, 1.54) is 42.1 Å². The highest BCUT2D eigenvalue weighted by atomic mass is 32.1. The zero-order valence-electron chi connectivity index (χ0n) is 13.6. The van der Waals surface area contributed by atoms with E-state index in [0.717, 1.165) is 23.1 Å². The average molecular weight is 357 g/mol. The summed E-state index contributed by atoms with van der Waals surface area (Å²) >= 11 is 1.38. The van der Waals surface area contributed by atoms with Crippen LogP contribution in [0.25, 0.3) is 11.0 Å². The zero-order valence-corrected chi connectivity index (χ0v) is 14.5. The van der Waals surface area contributed by atoms with E-state index in [-0.39, 0.29) is 16.7 Å². The Kier molecular flexibility index (Phi) is 3.53. The molecule has 1 saturated carbocycles. The van der Waals surface area contributed by atoms with Crippen molar-refractivity contribution in [3.05, 3.63) is 49.7 Å². The fourth-order valence-corrected chi connectivity index (χ4v) is 3.44. The van der Waals surface area contributed by atoms with Gasteiger partial charge < -0.3 is 0 Å². The molecule has 0 aromatic carbocycles. The largest absolute Gasteiger partial charge is 0.332 e. The normalized spacial score (nSPS) is 14.0. The van der Waals surface area contributed by atoms with E-state index in [1.807, 2.05) is 5.38 Å². The molecule has 0 aliphatic heterocycles. The van der Waals surface area contributed by atoms with E-state index < -0.39 is 17.2 Å². The highest BCUT2D eigenvalue weighted by molar-refractivity contribution is 7.14. The molecule has 1 aliphatic carbocycles. The van der Waals surface area contributed by atoms with Gasteiger partial charge in [0.25, 0.3) is 11.5 Å². The molecule has 0 spiro atoms. The van der Waals surface area contributed by atoms with Crippen molar-refractivity contribution < 1.29 is 4.79 Å². The Labute approximate surface area is 145 Å². The van der Waals surface area contributed by atoms with Crippen molar-refractivity contribution in [2.75, 3.05) is 5.32 Å². The summed E-state index contributed by atoms with van der Waals surface area (Å²) < 4.78 is 2.26. The first-order chi connectivity index (χ1) is 12.0. The Bertz CT molecular complexity index is 1120. The molecule has 8 nitrogen and oxygen atoms in total. The number of hydrogen-bond acceptors (Lipinski definition) is 6. The molecule has 25 heavy (non-hydrogen) atoms. The van der Waals surface area contributed by atoms with Crippen molar-refractivity contribution in [2.45, 2.75) is 18.8 Å². The Hall–Kier alpha value is -2.81. The first kappa shape index (κ1) is 15.7. The molecule has 1 N–H and O–H groups in total. The molecule has 3 heterocycles. The third-order valence-corrected chi connectivity index (χ3v) is 5.05. The van der Waals surface area contributed by atoms with Crippen LogP contribution in [0.3, 0.4) is 0 Å². The van der Waals surface area contributed by atoms with Gasteiger partial charge in [0.1, 0.15) is 11.3 Å². The minimum atomic E-state index is -0.489. The fraction of sp³-hybridized carbons (Fsp3) is 0.312. The Morgan fingerprint density at radius 3 is 2.68 bits per heavy atom. The summed E-state index contributed by atoms with van der Waals surface area (Å²) in [6, 6.07) is 2.98. The van der Waals surface area contributed by atoms with Gasteiger partial charge in [-0.25, -0.2) is 14.8 Å². The molecule has 1 aliphatic rings. The number of carbonyl (C=O) groups is 1. The van der Waals surface area contributed by atoms with Gasteiger partial charge in [-0.15, -0.1) is 11.3 Å². The average Bonchev–Trinajstić information content (AvgIpc) is 3.37.